The molecule has 0 bridgehead atoms. The van der Waals surface area contributed by atoms with Crippen LogP contribution in [0, 0.1) is 0 Å². The molecular weight excluding hydrogens is 354 g/mol. The Morgan fingerprint density at radius 1 is 0.786 bits per heavy atom. The van der Waals surface area contributed by atoms with Gasteiger partial charge >= 0.3 is 5.97 Å². The van der Waals surface area contributed by atoms with Gasteiger partial charge in [0.1, 0.15) is 6.10 Å². The zero-order valence-electron chi connectivity index (χ0n) is 19.0. The van der Waals surface area contributed by atoms with E-state index in [1.54, 1.807) is 0 Å². The number of carboxylic acid groups (broad SMARTS) is 1. The van der Waals surface area contributed by atoms with Gasteiger partial charge in [0.15, 0.2) is 0 Å². The van der Waals surface area contributed by atoms with Crippen LogP contribution in [0.15, 0.2) is 0 Å². The Labute approximate surface area is 173 Å². The molecule has 0 N–H and O–H groups in total. The third kappa shape index (κ3) is 18.3. The molecule has 0 aromatic carbocycles. The highest BCUT2D eigenvalue weighted by atomic mass is 16.6. The Kier molecular flexibility index (Phi) is 16.2. The third-order valence-electron chi connectivity index (χ3n) is 5.08. The standard InChI is InChI=1S/C23H45NO4/c1-5-6-7-8-9-10-11-12-13-14-15-16-17-18-22(25)28-21(23(26)27)19-20-24(2,3)4/h21H,5-20H2,1-4H3. The van der Waals surface area contributed by atoms with Crippen LogP contribution >= 0.6 is 0 Å². The van der Waals surface area contributed by atoms with E-state index in [0.29, 0.717) is 17.4 Å². The lowest BCUT2D eigenvalue weighted by Gasteiger charge is -2.27. The fraction of sp³-hybridized carbons (Fsp3) is 0.913. The first-order chi connectivity index (χ1) is 13.3. The van der Waals surface area contributed by atoms with Crippen LogP contribution in [0.25, 0.3) is 0 Å². The number of hydrogen-bond donors (Lipinski definition) is 0. The smallest absolute Gasteiger partial charge is 0.306 e. The van der Waals surface area contributed by atoms with Gasteiger partial charge in [-0.1, -0.05) is 84.0 Å². The van der Waals surface area contributed by atoms with Crippen molar-refractivity contribution in [3.05, 3.63) is 0 Å². The summed E-state index contributed by atoms with van der Waals surface area (Å²) in [6, 6.07) is 0. The van der Waals surface area contributed by atoms with E-state index in [1.165, 1.54) is 64.2 Å². The summed E-state index contributed by atoms with van der Waals surface area (Å²) in [5, 5.41) is 11.1. The number of quaternary nitrogens is 1. The van der Waals surface area contributed by atoms with Crippen molar-refractivity contribution in [1.82, 2.24) is 0 Å². The number of rotatable bonds is 19. The summed E-state index contributed by atoms with van der Waals surface area (Å²) in [4.78, 5) is 23.0. The van der Waals surface area contributed by atoms with Gasteiger partial charge in [0, 0.05) is 12.8 Å². The van der Waals surface area contributed by atoms with Crippen LogP contribution in [-0.4, -0.2) is 50.2 Å². The van der Waals surface area contributed by atoms with E-state index in [0.717, 1.165) is 19.3 Å². The summed E-state index contributed by atoms with van der Waals surface area (Å²) in [6.07, 6.45) is 15.7. The summed E-state index contributed by atoms with van der Waals surface area (Å²) >= 11 is 0. The van der Waals surface area contributed by atoms with Crippen molar-refractivity contribution in [2.24, 2.45) is 0 Å². The Morgan fingerprint density at radius 2 is 1.21 bits per heavy atom. The monoisotopic (exact) mass is 399 g/mol. The van der Waals surface area contributed by atoms with Crippen molar-refractivity contribution >= 4 is 11.9 Å². The number of esters is 1. The number of aliphatic carboxylic acids is 1. The van der Waals surface area contributed by atoms with Gasteiger partial charge in [-0.2, -0.15) is 0 Å². The molecule has 0 spiro atoms. The number of carbonyl (C=O) groups is 2. The molecule has 0 aliphatic heterocycles. The highest BCUT2D eigenvalue weighted by molar-refractivity contribution is 5.76. The number of carbonyl (C=O) groups excluding carboxylic acids is 2. The molecular formula is C23H45NO4. The lowest BCUT2D eigenvalue weighted by molar-refractivity contribution is -0.870. The number of nitrogens with zero attached hydrogens (tertiary/aromatic N) is 1. The SMILES string of the molecule is CCCCCCCCCCCCCCCC(=O)OC(CC[N+](C)(C)C)C(=O)[O-]. The van der Waals surface area contributed by atoms with Crippen molar-refractivity contribution in [3.8, 4) is 0 Å². The van der Waals surface area contributed by atoms with Crippen LogP contribution in [-0.2, 0) is 14.3 Å². The van der Waals surface area contributed by atoms with Crippen molar-refractivity contribution in [3.63, 3.8) is 0 Å². The van der Waals surface area contributed by atoms with E-state index < -0.39 is 18.0 Å². The molecule has 5 nitrogen and oxygen atoms in total. The van der Waals surface area contributed by atoms with E-state index in [2.05, 4.69) is 6.92 Å². The lowest BCUT2D eigenvalue weighted by Crippen LogP contribution is -2.44. The Hall–Kier alpha value is -1.10. The minimum atomic E-state index is -1.30. The van der Waals surface area contributed by atoms with Crippen LogP contribution in [0.2, 0.25) is 0 Å². The molecule has 1 unspecified atom stereocenters. The molecule has 0 rings (SSSR count). The van der Waals surface area contributed by atoms with E-state index in [4.69, 9.17) is 4.74 Å². The van der Waals surface area contributed by atoms with Crippen LogP contribution in [0.1, 0.15) is 103 Å². The van der Waals surface area contributed by atoms with Crippen molar-refractivity contribution < 1.29 is 23.9 Å². The zero-order chi connectivity index (χ0) is 21.3. The van der Waals surface area contributed by atoms with Crippen molar-refractivity contribution in [2.75, 3.05) is 27.7 Å². The first-order valence-corrected chi connectivity index (χ1v) is 11.5. The molecule has 0 aromatic heterocycles. The second kappa shape index (κ2) is 16.8. The lowest BCUT2D eigenvalue weighted by atomic mass is 10.0. The largest absolute Gasteiger partial charge is 0.546 e. The summed E-state index contributed by atoms with van der Waals surface area (Å²) in [5.74, 6) is -1.72. The van der Waals surface area contributed by atoms with Gasteiger partial charge in [0.2, 0.25) is 0 Å². The van der Waals surface area contributed by atoms with Crippen LogP contribution < -0.4 is 5.11 Å². The van der Waals surface area contributed by atoms with Gasteiger partial charge in [0.25, 0.3) is 0 Å². The Morgan fingerprint density at radius 3 is 1.61 bits per heavy atom. The van der Waals surface area contributed by atoms with Gasteiger partial charge in [-0.05, 0) is 6.42 Å². The summed E-state index contributed by atoms with van der Waals surface area (Å²) < 4.78 is 5.73. The second-order valence-electron chi connectivity index (χ2n) is 9.09. The second-order valence-corrected chi connectivity index (χ2v) is 9.09. The first-order valence-electron chi connectivity index (χ1n) is 11.5. The number of hydrogen-bond acceptors (Lipinski definition) is 4. The minimum absolute atomic E-state index is 0.288. The molecule has 28 heavy (non-hydrogen) atoms. The molecule has 0 heterocycles. The zero-order valence-corrected chi connectivity index (χ0v) is 19.0. The molecule has 0 saturated carbocycles. The van der Waals surface area contributed by atoms with E-state index in [-0.39, 0.29) is 6.42 Å². The molecule has 0 radical (unpaired) electrons. The Balaban J connectivity index is 3.59. The average molecular weight is 400 g/mol. The Bertz CT molecular complexity index is 404. The quantitative estimate of drug-likeness (QED) is 0.185. The number of carboxylic acids is 1. The van der Waals surface area contributed by atoms with Gasteiger partial charge in [-0.25, -0.2) is 0 Å². The fourth-order valence-corrected chi connectivity index (χ4v) is 3.23. The predicted octanol–water partition coefficient (Wildman–Crippen LogP) is 4.23. The fourth-order valence-electron chi connectivity index (χ4n) is 3.23. The van der Waals surface area contributed by atoms with Crippen LogP contribution in [0.4, 0.5) is 0 Å². The number of ether oxygens (including phenoxy) is 1. The highest BCUT2D eigenvalue weighted by Gasteiger charge is 2.19. The normalized spacial score (nSPS) is 12.7. The molecule has 0 aliphatic carbocycles. The maximum absolute atomic E-state index is 11.9. The van der Waals surface area contributed by atoms with Crippen molar-refractivity contribution in [2.45, 2.75) is 109 Å². The van der Waals surface area contributed by atoms with E-state index in [9.17, 15) is 14.7 Å². The average Bonchev–Trinajstić information content (AvgIpc) is 2.61. The van der Waals surface area contributed by atoms with Crippen LogP contribution in [0.5, 0.6) is 0 Å². The highest BCUT2D eigenvalue weighted by Crippen LogP contribution is 2.13. The molecule has 0 fully saturated rings. The topological polar surface area (TPSA) is 66.4 Å². The third-order valence-corrected chi connectivity index (χ3v) is 5.08. The summed E-state index contributed by atoms with van der Waals surface area (Å²) in [6.45, 7) is 2.87. The molecule has 0 amide bonds. The van der Waals surface area contributed by atoms with Gasteiger partial charge in [-0.3, -0.25) is 4.79 Å². The summed E-state index contributed by atoms with van der Waals surface area (Å²) in [5.41, 5.74) is 0. The van der Waals surface area contributed by atoms with E-state index >= 15 is 0 Å². The van der Waals surface area contributed by atoms with E-state index in [1.807, 2.05) is 21.1 Å². The molecule has 166 valence electrons. The van der Waals surface area contributed by atoms with Crippen molar-refractivity contribution in [1.29, 1.82) is 0 Å². The van der Waals surface area contributed by atoms with Gasteiger partial charge in [0.05, 0.1) is 33.7 Å². The minimum Gasteiger partial charge on any atom is -0.546 e. The van der Waals surface area contributed by atoms with Gasteiger partial charge < -0.3 is 19.1 Å². The maximum Gasteiger partial charge on any atom is 0.306 e. The van der Waals surface area contributed by atoms with Crippen LogP contribution in [0.3, 0.4) is 0 Å². The summed E-state index contributed by atoms with van der Waals surface area (Å²) in [7, 11) is 5.92. The van der Waals surface area contributed by atoms with Gasteiger partial charge in [-0.15, -0.1) is 0 Å². The number of unbranched alkanes of at least 4 members (excludes halogenated alkanes) is 12. The molecule has 0 aliphatic rings. The predicted molar refractivity (Wildman–Crippen MR) is 113 cm³/mol. The first kappa shape index (κ1) is 26.9. The molecule has 5 heteroatoms. The molecule has 0 saturated heterocycles. The molecule has 1 atom stereocenters. The molecule has 0 aromatic rings. The maximum atomic E-state index is 11.9.